The maximum absolute atomic E-state index is 10.6. The normalized spacial score (nSPS) is 20.7. The summed E-state index contributed by atoms with van der Waals surface area (Å²) in [6, 6.07) is 11.1. The van der Waals surface area contributed by atoms with E-state index in [0.29, 0.717) is 24.6 Å². The second kappa shape index (κ2) is 12.4. The summed E-state index contributed by atoms with van der Waals surface area (Å²) in [7, 11) is 1.98. The Labute approximate surface area is 234 Å². The van der Waals surface area contributed by atoms with Crippen LogP contribution in [0.15, 0.2) is 30.3 Å². The van der Waals surface area contributed by atoms with Crippen molar-refractivity contribution in [2.24, 2.45) is 7.05 Å². The van der Waals surface area contributed by atoms with Gasteiger partial charge < -0.3 is 20.5 Å². The number of aromatic amines is 1. The van der Waals surface area contributed by atoms with Crippen LogP contribution in [0.5, 0.6) is 0 Å². The summed E-state index contributed by atoms with van der Waals surface area (Å²) in [4.78, 5) is 16.8. The third-order valence-electron chi connectivity index (χ3n) is 7.15. The molecule has 2 atom stereocenters. The predicted octanol–water partition coefficient (Wildman–Crippen LogP) is 3.37. The van der Waals surface area contributed by atoms with Gasteiger partial charge in [0.2, 0.25) is 11.9 Å². The number of alkyl halides is 3. The molecule has 1 aromatic carbocycles. The average Bonchev–Trinajstić information content (AvgIpc) is 3.50. The number of carboxylic acids is 1. The molecule has 0 radical (unpaired) electrons. The number of nitrogens with zero attached hydrogens (tertiary/aromatic N) is 6. The third-order valence-corrected chi connectivity index (χ3v) is 7.40. The number of nitrogen functional groups attached to an aromatic ring is 1. The first kappa shape index (κ1) is 29.6. The van der Waals surface area contributed by atoms with E-state index in [9.17, 15) is 13.2 Å². The summed E-state index contributed by atoms with van der Waals surface area (Å²) in [5.41, 5.74) is 9.15. The Hall–Kier alpha value is -3.36. The highest BCUT2D eigenvalue weighted by Gasteiger charge is 2.38. The second-order valence-electron chi connectivity index (χ2n) is 9.89. The zero-order valence-corrected chi connectivity index (χ0v) is 22.9. The van der Waals surface area contributed by atoms with E-state index in [4.69, 9.17) is 37.1 Å². The van der Waals surface area contributed by atoms with Crippen molar-refractivity contribution in [3.8, 4) is 0 Å². The lowest BCUT2D eigenvalue weighted by molar-refractivity contribution is -0.192. The van der Waals surface area contributed by atoms with Gasteiger partial charge in [0.25, 0.3) is 0 Å². The number of rotatable bonds is 5. The SMILES string of the molecule is Cc1cc([C@H]2CN(C3CCN(c4nnc(N)[nH]4)CC3)[C@@H](Cc3ccc(Cl)cc3)CO2)nn1C.O=C(O)C(F)(F)F. The van der Waals surface area contributed by atoms with Crippen LogP contribution in [0.3, 0.4) is 0 Å². The number of piperidine rings is 1. The van der Waals surface area contributed by atoms with E-state index < -0.39 is 12.1 Å². The number of carboxylic acid groups (broad SMARTS) is 1. The highest BCUT2D eigenvalue weighted by atomic mass is 35.5. The third kappa shape index (κ3) is 7.43. The number of H-pyrrole nitrogens is 1. The van der Waals surface area contributed by atoms with Crippen LogP contribution in [-0.4, -0.2) is 85.4 Å². The van der Waals surface area contributed by atoms with Crippen LogP contribution >= 0.6 is 11.6 Å². The molecule has 2 saturated heterocycles. The zero-order chi connectivity index (χ0) is 29.0. The first-order chi connectivity index (χ1) is 18.9. The molecular weight excluding hydrogens is 553 g/mol. The summed E-state index contributed by atoms with van der Waals surface area (Å²) in [5.74, 6) is -1.64. The van der Waals surface area contributed by atoms with Crippen molar-refractivity contribution in [3.05, 3.63) is 52.3 Å². The number of hydrogen-bond acceptors (Lipinski definition) is 8. The zero-order valence-electron chi connectivity index (χ0n) is 22.1. The van der Waals surface area contributed by atoms with Crippen LogP contribution in [0.25, 0.3) is 0 Å². The fraction of sp³-hybridized carbons (Fsp3) is 0.520. The second-order valence-corrected chi connectivity index (χ2v) is 10.3. The first-order valence-electron chi connectivity index (χ1n) is 12.8. The Morgan fingerprint density at radius 1 is 1.23 bits per heavy atom. The summed E-state index contributed by atoms with van der Waals surface area (Å²) in [6.07, 6.45) is -2.07. The number of hydrogen-bond donors (Lipinski definition) is 3. The van der Waals surface area contributed by atoms with Gasteiger partial charge in [0.05, 0.1) is 12.3 Å². The van der Waals surface area contributed by atoms with Crippen molar-refractivity contribution in [1.29, 1.82) is 0 Å². The van der Waals surface area contributed by atoms with Crippen LogP contribution in [0.4, 0.5) is 25.1 Å². The number of aromatic nitrogens is 5. The molecule has 0 amide bonds. The van der Waals surface area contributed by atoms with Crippen LogP contribution in [0.1, 0.15) is 35.9 Å². The van der Waals surface area contributed by atoms with Crippen LogP contribution < -0.4 is 10.6 Å². The van der Waals surface area contributed by atoms with Crippen LogP contribution in [-0.2, 0) is 23.0 Å². The number of carbonyl (C=O) groups is 1. The standard InChI is InChI=1S/C23H31ClN8O.C2HF3O2/c1-15-11-20(29-30(15)2)21-13-32(19(14-33-21)12-16-3-5-17(24)6-4-16)18-7-9-31(10-8-18)23-26-22(25)27-28-23;3-2(4,5)1(6)7/h3-6,11,18-19,21H,7-10,12-14H2,1-2H3,(H3,25,26,27,28);(H,6,7)/t19-,21+;/m0./s1. The van der Waals surface area contributed by atoms with Crippen molar-refractivity contribution < 1.29 is 27.8 Å². The van der Waals surface area contributed by atoms with Gasteiger partial charge in [0.15, 0.2) is 0 Å². The lowest BCUT2D eigenvalue weighted by atomic mass is 9.96. The van der Waals surface area contributed by atoms with E-state index in [1.54, 1.807) is 0 Å². The molecule has 15 heteroatoms. The van der Waals surface area contributed by atoms with Gasteiger partial charge in [-0.1, -0.05) is 23.7 Å². The van der Waals surface area contributed by atoms with Gasteiger partial charge in [-0.2, -0.15) is 18.3 Å². The van der Waals surface area contributed by atoms with E-state index in [1.807, 2.05) is 23.9 Å². The minimum atomic E-state index is -5.08. The smallest absolute Gasteiger partial charge is 0.475 e. The van der Waals surface area contributed by atoms with E-state index in [0.717, 1.165) is 61.3 Å². The van der Waals surface area contributed by atoms with E-state index in [1.165, 1.54) is 5.56 Å². The van der Waals surface area contributed by atoms with E-state index >= 15 is 0 Å². The molecule has 0 spiro atoms. The number of nitrogens with one attached hydrogen (secondary N) is 1. The largest absolute Gasteiger partial charge is 0.490 e. The maximum atomic E-state index is 10.6. The molecule has 2 fully saturated rings. The van der Waals surface area contributed by atoms with Gasteiger partial charge in [-0.15, -0.1) is 10.2 Å². The first-order valence-corrected chi connectivity index (χ1v) is 13.1. The fourth-order valence-corrected chi connectivity index (χ4v) is 5.10. The Balaban J connectivity index is 0.000000470. The van der Waals surface area contributed by atoms with Gasteiger partial charge in [-0.05, 0) is 49.9 Å². The highest BCUT2D eigenvalue weighted by Crippen LogP contribution is 2.31. The number of aryl methyl sites for hydroxylation is 2. The van der Waals surface area contributed by atoms with Crippen LogP contribution in [0, 0.1) is 6.92 Å². The Morgan fingerprint density at radius 2 is 1.88 bits per heavy atom. The number of benzene rings is 1. The number of halogens is 4. The molecular formula is C25H32ClF3N8O3. The minimum absolute atomic E-state index is 0.0153. The van der Waals surface area contributed by atoms with Gasteiger partial charge in [0, 0.05) is 49.5 Å². The van der Waals surface area contributed by atoms with Crippen molar-refractivity contribution in [1.82, 2.24) is 29.9 Å². The summed E-state index contributed by atoms with van der Waals surface area (Å²) < 4.78 is 40.0. The molecule has 218 valence electrons. The molecule has 2 aliphatic heterocycles. The molecule has 0 aliphatic carbocycles. The summed E-state index contributed by atoms with van der Waals surface area (Å²) in [6.45, 7) is 5.43. The molecule has 5 rings (SSSR count). The van der Waals surface area contributed by atoms with Crippen molar-refractivity contribution in [3.63, 3.8) is 0 Å². The topological polar surface area (TPSA) is 138 Å². The predicted molar refractivity (Wildman–Crippen MR) is 142 cm³/mol. The molecule has 4 heterocycles. The molecule has 11 nitrogen and oxygen atoms in total. The molecule has 40 heavy (non-hydrogen) atoms. The Kier molecular flexibility index (Phi) is 9.21. The number of nitrogens with two attached hydrogens (primary N) is 1. The van der Waals surface area contributed by atoms with E-state index in [2.05, 4.69) is 50.1 Å². The molecule has 4 N–H and O–H groups in total. The highest BCUT2D eigenvalue weighted by molar-refractivity contribution is 6.30. The monoisotopic (exact) mass is 584 g/mol. The van der Waals surface area contributed by atoms with Gasteiger partial charge in [-0.25, -0.2) is 4.79 Å². The van der Waals surface area contributed by atoms with E-state index in [-0.39, 0.29) is 6.10 Å². The van der Waals surface area contributed by atoms with Crippen LogP contribution in [0.2, 0.25) is 5.02 Å². The Bertz CT molecular complexity index is 1260. The van der Waals surface area contributed by atoms with Crippen molar-refractivity contribution in [2.75, 3.05) is 36.9 Å². The quantitative estimate of drug-likeness (QED) is 0.412. The Morgan fingerprint density at radius 3 is 2.40 bits per heavy atom. The number of ether oxygens (including phenoxy) is 1. The van der Waals surface area contributed by atoms with Crippen molar-refractivity contribution >= 4 is 29.5 Å². The average molecular weight is 585 g/mol. The van der Waals surface area contributed by atoms with Crippen molar-refractivity contribution in [2.45, 2.75) is 50.6 Å². The van der Waals surface area contributed by atoms with Gasteiger partial charge >= 0.3 is 12.1 Å². The number of anilines is 2. The molecule has 2 aromatic heterocycles. The molecule has 0 unspecified atom stereocenters. The lowest BCUT2D eigenvalue weighted by Crippen LogP contribution is -2.55. The summed E-state index contributed by atoms with van der Waals surface area (Å²) >= 11 is 6.10. The fourth-order valence-electron chi connectivity index (χ4n) is 4.97. The van der Waals surface area contributed by atoms with Gasteiger partial charge in [0.1, 0.15) is 6.10 Å². The van der Waals surface area contributed by atoms with Gasteiger partial charge in [-0.3, -0.25) is 14.6 Å². The summed E-state index contributed by atoms with van der Waals surface area (Å²) in [5, 5.41) is 20.6. The lowest BCUT2D eigenvalue weighted by Gasteiger charge is -2.46. The maximum Gasteiger partial charge on any atom is 0.490 e. The number of aliphatic carboxylic acids is 1. The number of morpholine rings is 1. The molecule has 3 aromatic rings. The minimum Gasteiger partial charge on any atom is -0.475 e. The molecule has 2 aliphatic rings. The molecule has 0 saturated carbocycles. The molecule has 0 bridgehead atoms.